The van der Waals surface area contributed by atoms with Crippen LogP contribution >= 0.6 is 11.8 Å². The molecule has 2 amide bonds. The summed E-state index contributed by atoms with van der Waals surface area (Å²) in [5.41, 5.74) is 6.12. The molecule has 1 aliphatic heterocycles. The van der Waals surface area contributed by atoms with Crippen molar-refractivity contribution in [1.82, 2.24) is 4.57 Å². The van der Waals surface area contributed by atoms with Crippen LogP contribution in [0.25, 0.3) is 11.8 Å². The minimum absolute atomic E-state index is 0.103. The van der Waals surface area contributed by atoms with Gasteiger partial charge in [-0.1, -0.05) is 51.1 Å². The fraction of sp³-hybridized carbons (Fsp3) is 0.231. The molecule has 0 aliphatic carbocycles. The predicted octanol–water partition coefficient (Wildman–Crippen LogP) is 6.63. The average molecular weight is 431 g/mol. The normalized spacial score (nSPS) is 15.9. The summed E-state index contributed by atoms with van der Waals surface area (Å²) in [7, 11) is 0. The monoisotopic (exact) mass is 430 g/mol. The molecule has 1 aromatic heterocycles. The van der Waals surface area contributed by atoms with Gasteiger partial charge in [0.05, 0.1) is 10.6 Å². The van der Waals surface area contributed by atoms with Gasteiger partial charge in [0.1, 0.15) is 0 Å². The second kappa shape index (κ2) is 7.89. The molecule has 0 N–H and O–H groups in total. The summed E-state index contributed by atoms with van der Waals surface area (Å²) in [5.74, 6) is -0.277. The molecule has 31 heavy (non-hydrogen) atoms. The van der Waals surface area contributed by atoms with Crippen LogP contribution < -0.4 is 4.90 Å². The van der Waals surface area contributed by atoms with Crippen molar-refractivity contribution in [3.8, 4) is 5.69 Å². The van der Waals surface area contributed by atoms with E-state index < -0.39 is 0 Å². The number of aryl methyl sites for hydroxylation is 1. The van der Waals surface area contributed by atoms with Crippen molar-refractivity contribution in [2.75, 3.05) is 4.90 Å². The maximum Gasteiger partial charge on any atom is 0.298 e. The van der Waals surface area contributed by atoms with E-state index in [-0.39, 0.29) is 16.6 Å². The molecule has 0 atom stereocenters. The first kappa shape index (κ1) is 21.2. The van der Waals surface area contributed by atoms with Gasteiger partial charge in [0.15, 0.2) is 0 Å². The molecule has 1 saturated heterocycles. The summed E-state index contributed by atoms with van der Waals surface area (Å²) in [6.07, 6.45) is 1.83. The highest BCUT2D eigenvalue weighted by Crippen LogP contribution is 2.36. The Labute approximate surface area is 187 Å². The topological polar surface area (TPSA) is 42.3 Å². The quantitative estimate of drug-likeness (QED) is 0.438. The minimum Gasteiger partial charge on any atom is -0.318 e. The van der Waals surface area contributed by atoms with E-state index in [0.717, 1.165) is 34.4 Å². The number of aromatic nitrogens is 1. The number of nitrogens with zero attached hydrogens (tertiary/aromatic N) is 2. The molecule has 158 valence electrons. The maximum atomic E-state index is 12.9. The van der Waals surface area contributed by atoms with Gasteiger partial charge >= 0.3 is 0 Å². The highest BCUT2D eigenvalue weighted by atomic mass is 32.2. The zero-order valence-electron chi connectivity index (χ0n) is 18.5. The van der Waals surface area contributed by atoms with Crippen molar-refractivity contribution in [3.05, 3.63) is 88.1 Å². The van der Waals surface area contributed by atoms with E-state index in [0.29, 0.717) is 10.6 Å². The Hall–Kier alpha value is -3.05. The van der Waals surface area contributed by atoms with Crippen molar-refractivity contribution < 1.29 is 9.59 Å². The molecule has 2 aromatic carbocycles. The third kappa shape index (κ3) is 3.98. The molecule has 0 spiro atoms. The first-order valence-electron chi connectivity index (χ1n) is 10.3. The van der Waals surface area contributed by atoms with Gasteiger partial charge in [-0.3, -0.25) is 9.59 Å². The van der Waals surface area contributed by atoms with Gasteiger partial charge in [0, 0.05) is 17.1 Å². The zero-order valence-corrected chi connectivity index (χ0v) is 19.3. The fourth-order valence-electron chi connectivity index (χ4n) is 3.85. The van der Waals surface area contributed by atoms with Gasteiger partial charge in [-0.05, 0) is 78.6 Å². The van der Waals surface area contributed by atoms with Crippen molar-refractivity contribution in [1.29, 1.82) is 0 Å². The van der Waals surface area contributed by atoms with Crippen molar-refractivity contribution >= 4 is 34.7 Å². The first-order chi connectivity index (χ1) is 14.7. The van der Waals surface area contributed by atoms with Gasteiger partial charge in [-0.15, -0.1) is 0 Å². The Morgan fingerprint density at radius 3 is 2.13 bits per heavy atom. The number of para-hydroxylation sites is 1. The minimum atomic E-state index is -0.277. The molecule has 0 radical (unpaired) electrons. The number of hydrogen-bond donors (Lipinski definition) is 0. The highest BCUT2D eigenvalue weighted by molar-refractivity contribution is 8.19. The van der Waals surface area contributed by atoms with Crippen LogP contribution in [0.4, 0.5) is 10.5 Å². The Morgan fingerprint density at radius 1 is 0.871 bits per heavy atom. The van der Waals surface area contributed by atoms with E-state index in [2.05, 4.69) is 62.6 Å². The molecule has 1 fully saturated rings. The molecule has 3 aromatic rings. The fourth-order valence-corrected chi connectivity index (χ4v) is 4.68. The van der Waals surface area contributed by atoms with Crippen LogP contribution in [-0.4, -0.2) is 15.7 Å². The van der Waals surface area contributed by atoms with E-state index >= 15 is 0 Å². The highest BCUT2D eigenvalue weighted by Gasteiger charge is 2.36. The largest absolute Gasteiger partial charge is 0.318 e. The molecule has 0 unspecified atom stereocenters. The molecule has 0 bridgehead atoms. The molecule has 4 nitrogen and oxygen atoms in total. The molecular weight excluding hydrogens is 404 g/mol. The Balaban J connectivity index is 1.67. The number of anilines is 1. The molecular formula is C26H26N2O2S. The lowest BCUT2D eigenvalue weighted by Crippen LogP contribution is -2.27. The van der Waals surface area contributed by atoms with Gasteiger partial charge in [-0.25, -0.2) is 4.90 Å². The number of hydrogen-bond acceptors (Lipinski definition) is 3. The van der Waals surface area contributed by atoms with E-state index in [1.807, 2.05) is 31.2 Å². The van der Waals surface area contributed by atoms with Crippen LogP contribution in [0.1, 0.15) is 43.3 Å². The Morgan fingerprint density at radius 2 is 1.52 bits per heavy atom. The summed E-state index contributed by atoms with van der Waals surface area (Å²) < 4.78 is 2.18. The van der Waals surface area contributed by atoms with Crippen LogP contribution in [0.2, 0.25) is 0 Å². The number of benzene rings is 2. The van der Waals surface area contributed by atoms with E-state index in [4.69, 9.17) is 0 Å². The van der Waals surface area contributed by atoms with Crippen LogP contribution in [0.3, 0.4) is 0 Å². The first-order valence-corrected chi connectivity index (χ1v) is 11.1. The van der Waals surface area contributed by atoms with Gasteiger partial charge in [0.25, 0.3) is 11.1 Å². The number of carbonyl (C=O) groups excluding carboxylic acids is 2. The SMILES string of the molecule is Cc1cc(/C=C2\SC(=O)N(c3ccccc3)C2=O)c(C)n1-c1ccc(C(C)(C)C)cc1. The molecule has 1 aliphatic rings. The number of rotatable bonds is 3. The number of thioether (sulfide) groups is 1. The molecule has 0 saturated carbocycles. The second-order valence-corrected chi connectivity index (χ2v) is 9.80. The summed E-state index contributed by atoms with van der Waals surface area (Å²) in [6, 6.07) is 19.7. The third-order valence-electron chi connectivity index (χ3n) is 5.56. The van der Waals surface area contributed by atoms with E-state index in [1.165, 1.54) is 10.5 Å². The lowest BCUT2D eigenvalue weighted by molar-refractivity contribution is -0.113. The van der Waals surface area contributed by atoms with Crippen molar-refractivity contribution in [2.24, 2.45) is 0 Å². The second-order valence-electron chi connectivity index (χ2n) is 8.81. The number of amides is 2. The molecule has 2 heterocycles. The Bertz CT molecular complexity index is 1180. The van der Waals surface area contributed by atoms with Crippen LogP contribution in [0.5, 0.6) is 0 Å². The van der Waals surface area contributed by atoms with Crippen molar-refractivity contribution in [2.45, 2.75) is 40.0 Å². The van der Waals surface area contributed by atoms with Crippen LogP contribution in [0.15, 0.2) is 65.6 Å². The summed E-state index contributed by atoms with van der Waals surface area (Å²) in [5, 5.41) is -0.269. The van der Waals surface area contributed by atoms with E-state index in [9.17, 15) is 9.59 Å². The Kier molecular flexibility index (Phi) is 5.40. The summed E-state index contributed by atoms with van der Waals surface area (Å²) in [4.78, 5) is 27.1. The zero-order chi connectivity index (χ0) is 22.3. The van der Waals surface area contributed by atoms with Gasteiger partial charge < -0.3 is 4.57 Å². The number of imide groups is 1. The average Bonchev–Trinajstić information content (AvgIpc) is 3.16. The van der Waals surface area contributed by atoms with Gasteiger partial charge in [-0.2, -0.15) is 0 Å². The number of carbonyl (C=O) groups is 2. The predicted molar refractivity (Wildman–Crippen MR) is 129 cm³/mol. The third-order valence-corrected chi connectivity index (χ3v) is 6.43. The summed E-state index contributed by atoms with van der Waals surface area (Å²) >= 11 is 0.985. The summed E-state index contributed by atoms with van der Waals surface area (Å²) in [6.45, 7) is 10.7. The van der Waals surface area contributed by atoms with Crippen LogP contribution in [0, 0.1) is 13.8 Å². The van der Waals surface area contributed by atoms with Crippen molar-refractivity contribution in [3.63, 3.8) is 0 Å². The smallest absolute Gasteiger partial charge is 0.298 e. The molecule has 5 heteroatoms. The van der Waals surface area contributed by atoms with E-state index in [1.54, 1.807) is 12.1 Å². The van der Waals surface area contributed by atoms with Gasteiger partial charge in [0.2, 0.25) is 0 Å². The molecule has 4 rings (SSSR count). The lowest BCUT2D eigenvalue weighted by Gasteiger charge is -2.20. The maximum absolute atomic E-state index is 12.9. The standard InChI is InChI=1S/C26H26N2O2S/c1-17-15-19(18(2)27(17)22-13-11-20(12-14-22)26(3,4)5)16-23-24(29)28(25(30)31-23)21-9-7-6-8-10-21/h6-16H,1-5H3/b23-16-. The van der Waals surface area contributed by atoms with Crippen LogP contribution in [-0.2, 0) is 10.2 Å². The lowest BCUT2D eigenvalue weighted by atomic mass is 9.87.